The maximum absolute atomic E-state index is 9.89. The minimum absolute atomic E-state index is 0.189. The number of aryl methyl sites for hydroxylation is 2. The summed E-state index contributed by atoms with van der Waals surface area (Å²) in [6.45, 7) is 8.14. The van der Waals surface area contributed by atoms with Crippen LogP contribution in [0.4, 0.5) is 0 Å². The molecule has 0 fully saturated rings. The van der Waals surface area contributed by atoms with Crippen molar-refractivity contribution in [2.45, 2.75) is 52.2 Å². The topological polar surface area (TPSA) is 55.5 Å². The monoisotopic (exact) mass is 251 g/mol. The molecular weight excluding hydrogens is 226 g/mol. The second-order valence-corrected chi connectivity index (χ2v) is 5.24. The van der Waals surface area contributed by atoms with Crippen LogP contribution in [0.2, 0.25) is 0 Å². The van der Waals surface area contributed by atoms with Crippen molar-refractivity contribution in [1.29, 1.82) is 0 Å². The zero-order valence-corrected chi connectivity index (χ0v) is 12.0. The zero-order valence-electron chi connectivity index (χ0n) is 12.0. The first kappa shape index (κ1) is 15.0. The number of hydrogen-bond donors (Lipinski definition) is 2. The third kappa shape index (κ3) is 3.47. The van der Waals surface area contributed by atoms with Crippen LogP contribution in [-0.2, 0) is 0 Å². The van der Waals surface area contributed by atoms with E-state index in [0.717, 1.165) is 5.75 Å². The Morgan fingerprint density at radius 3 is 2.11 bits per heavy atom. The second kappa shape index (κ2) is 6.21. The number of benzene rings is 1. The number of methoxy groups -OCH3 is 1. The van der Waals surface area contributed by atoms with Gasteiger partial charge in [-0.15, -0.1) is 0 Å². The molecule has 0 saturated carbocycles. The van der Waals surface area contributed by atoms with Crippen molar-refractivity contribution in [3.63, 3.8) is 0 Å². The van der Waals surface area contributed by atoms with Gasteiger partial charge in [0.25, 0.3) is 0 Å². The third-order valence-corrected chi connectivity index (χ3v) is 3.50. The van der Waals surface area contributed by atoms with E-state index < -0.39 is 6.10 Å². The Hall–Kier alpha value is -1.06. The van der Waals surface area contributed by atoms with E-state index in [1.807, 2.05) is 19.1 Å². The highest BCUT2D eigenvalue weighted by molar-refractivity contribution is 5.42. The van der Waals surface area contributed by atoms with Crippen LogP contribution < -0.4 is 10.5 Å². The SMILES string of the molecule is COc1cc(C)c(C(C)CC(O)C(C)N)c(C)c1. The Balaban J connectivity index is 2.95. The molecule has 3 N–H and O–H groups in total. The maximum atomic E-state index is 9.89. The van der Waals surface area contributed by atoms with Gasteiger partial charge in [-0.05, 0) is 61.9 Å². The van der Waals surface area contributed by atoms with E-state index >= 15 is 0 Å². The summed E-state index contributed by atoms with van der Waals surface area (Å²) >= 11 is 0. The molecule has 0 bridgehead atoms. The van der Waals surface area contributed by atoms with E-state index in [1.165, 1.54) is 16.7 Å². The van der Waals surface area contributed by atoms with Crippen molar-refractivity contribution in [3.05, 3.63) is 28.8 Å². The summed E-state index contributed by atoms with van der Waals surface area (Å²) in [4.78, 5) is 0. The predicted molar refractivity (Wildman–Crippen MR) is 75.2 cm³/mol. The van der Waals surface area contributed by atoms with Gasteiger partial charge in [-0.25, -0.2) is 0 Å². The van der Waals surface area contributed by atoms with Gasteiger partial charge in [0.2, 0.25) is 0 Å². The lowest BCUT2D eigenvalue weighted by molar-refractivity contribution is 0.134. The molecule has 1 rings (SSSR count). The molecule has 0 aromatic heterocycles. The van der Waals surface area contributed by atoms with Crippen LogP contribution >= 0.6 is 0 Å². The van der Waals surface area contributed by atoms with E-state index in [2.05, 4.69) is 20.8 Å². The molecule has 3 heteroatoms. The normalized spacial score (nSPS) is 16.2. The molecule has 0 saturated heterocycles. The minimum atomic E-state index is -0.457. The van der Waals surface area contributed by atoms with Crippen LogP contribution in [0.25, 0.3) is 0 Å². The fraction of sp³-hybridized carbons (Fsp3) is 0.600. The lowest BCUT2D eigenvalue weighted by Crippen LogP contribution is -2.32. The standard InChI is InChI=1S/C15H25NO2/c1-9-6-13(18-5)7-10(2)15(9)11(3)8-14(17)12(4)16/h6-7,11-12,14,17H,8,16H2,1-5H3. The van der Waals surface area contributed by atoms with Crippen molar-refractivity contribution in [2.24, 2.45) is 5.73 Å². The third-order valence-electron chi connectivity index (χ3n) is 3.50. The molecule has 3 unspecified atom stereocenters. The number of aliphatic hydroxyl groups excluding tert-OH is 1. The molecule has 0 aliphatic carbocycles. The first-order valence-corrected chi connectivity index (χ1v) is 6.45. The van der Waals surface area contributed by atoms with Gasteiger partial charge < -0.3 is 15.6 Å². The number of ether oxygens (including phenoxy) is 1. The van der Waals surface area contributed by atoms with Crippen molar-refractivity contribution in [3.8, 4) is 5.75 Å². The summed E-state index contributed by atoms with van der Waals surface area (Å²) in [5.74, 6) is 1.17. The Morgan fingerprint density at radius 2 is 1.72 bits per heavy atom. The van der Waals surface area contributed by atoms with Gasteiger partial charge in [-0.2, -0.15) is 0 Å². The first-order valence-electron chi connectivity index (χ1n) is 6.45. The fourth-order valence-electron chi connectivity index (χ4n) is 2.52. The summed E-state index contributed by atoms with van der Waals surface area (Å²) in [6.07, 6.45) is 0.229. The van der Waals surface area contributed by atoms with Gasteiger partial charge in [0.15, 0.2) is 0 Å². The highest BCUT2D eigenvalue weighted by Gasteiger charge is 2.18. The van der Waals surface area contributed by atoms with E-state index in [1.54, 1.807) is 7.11 Å². The van der Waals surface area contributed by atoms with Gasteiger partial charge in [0.05, 0.1) is 13.2 Å². The summed E-state index contributed by atoms with van der Waals surface area (Å²) in [5.41, 5.74) is 9.41. The molecule has 0 heterocycles. The highest BCUT2D eigenvalue weighted by Crippen LogP contribution is 2.30. The number of rotatable bonds is 5. The molecule has 3 nitrogen and oxygen atoms in total. The molecule has 1 aromatic carbocycles. The Morgan fingerprint density at radius 1 is 1.22 bits per heavy atom. The minimum Gasteiger partial charge on any atom is -0.497 e. The molecule has 18 heavy (non-hydrogen) atoms. The summed E-state index contributed by atoms with van der Waals surface area (Å²) in [5, 5.41) is 9.89. The maximum Gasteiger partial charge on any atom is 0.119 e. The average molecular weight is 251 g/mol. The Kier molecular flexibility index (Phi) is 5.17. The van der Waals surface area contributed by atoms with Crippen molar-refractivity contribution >= 4 is 0 Å². The fourth-order valence-corrected chi connectivity index (χ4v) is 2.52. The lowest BCUT2D eigenvalue weighted by atomic mass is 9.87. The van der Waals surface area contributed by atoms with Crippen LogP contribution in [0.1, 0.15) is 42.9 Å². The van der Waals surface area contributed by atoms with E-state index in [4.69, 9.17) is 10.5 Å². The van der Waals surface area contributed by atoms with Crippen molar-refractivity contribution in [1.82, 2.24) is 0 Å². The van der Waals surface area contributed by atoms with Gasteiger partial charge >= 0.3 is 0 Å². The predicted octanol–water partition coefficient (Wildman–Crippen LogP) is 2.51. The van der Waals surface area contributed by atoms with E-state index in [-0.39, 0.29) is 12.0 Å². The largest absolute Gasteiger partial charge is 0.497 e. The van der Waals surface area contributed by atoms with Crippen LogP contribution in [-0.4, -0.2) is 24.4 Å². The van der Waals surface area contributed by atoms with Gasteiger partial charge in [0.1, 0.15) is 5.75 Å². The lowest BCUT2D eigenvalue weighted by Gasteiger charge is -2.23. The Bertz CT molecular complexity index is 378. The smallest absolute Gasteiger partial charge is 0.119 e. The zero-order chi connectivity index (χ0) is 13.9. The molecule has 102 valence electrons. The highest BCUT2D eigenvalue weighted by atomic mass is 16.5. The van der Waals surface area contributed by atoms with Crippen molar-refractivity contribution in [2.75, 3.05) is 7.11 Å². The van der Waals surface area contributed by atoms with Gasteiger partial charge in [-0.3, -0.25) is 0 Å². The van der Waals surface area contributed by atoms with Crippen molar-refractivity contribution < 1.29 is 9.84 Å². The summed E-state index contributed by atoms with van der Waals surface area (Å²) in [7, 11) is 1.68. The quantitative estimate of drug-likeness (QED) is 0.845. The summed E-state index contributed by atoms with van der Waals surface area (Å²) < 4.78 is 5.26. The Labute approximate surface area is 110 Å². The molecule has 0 radical (unpaired) electrons. The first-order chi connectivity index (χ1) is 8.36. The molecular formula is C15H25NO2. The molecule has 3 atom stereocenters. The molecule has 0 spiro atoms. The van der Waals surface area contributed by atoms with E-state index in [0.29, 0.717) is 6.42 Å². The van der Waals surface area contributed by atoms with E-state index in [9.17, 15) is 5.11 Å². The molecule has 1 aromatic rings. The van der Waals surface area contributed by atoms with Crippen LogP contribution in [0.15, 0.2) is 12.1 Å². The number of hydrogen-bond acceptors (Lipinski definition) is 3. The average Bonchev–Trinajstić information content (AvgIpc) is 2.27. The van der Waals surface area contributed by atoms with Gasteiger partial charge in [0, 0.05) is 6.04 Å². The molecule has 0 aliphatic heterocycles. The molecule has 0 amide bonds. The number of nitrogens with two attached hydrogens (primary N) is 1. The van der Waals surface area contributed by atoms with Crippen LogP contribution in [0, 0.1) is 13.8 Å². The molecule has 0 aliphatic rings. The van der Waals surface area contributed by atoms with Gasteiger partial charge in [-0.1, -0.05) is 6.92 Å². The summed E-state index contributed by atoms with van der Waals surface area (Å²) in [6, 6.07) is 3.89. The van der Waals surface area contributed by atoms with Crippen LogP contribution in [0.5, 0.6) is 5.75 Å². The van der Waals surface area contributed by atoms with Crippen LogP contribution in [0.3, 0.4) is 0 Å². The number of aliphatic hydroxyl groups is 1. The second-order valence-electron chi connectivity index (χ2n) is 5.24.